The zero-order valence-electron chi connectivity index (χ0n) is 12.6. The van der Waals surface area contributed by atoms with Crippen LogP contribution in [0.3, 0.4) is 0 Å². The van der Waals surface area contributed by atoms with Gasteiger partial charge < -0.3 is 5.32 Å². The molecule has 2 aromatic carbocycles. The minimum Gasteiger partial charge on any atom is -0.348 e. The van der Waals surface area contributed by atoms with Crippen LogP contribution in [0, 0.1) is 0 Å². The smallest absolute Gasteiger partial charge is 0.243 e. The highest BCUT2D eigenvalue weighted by atomic mass is 35.5. The first-order chi connectivity index (χ1) is 11.2. The molecular formula is C19H17ClN2O. The van der Waals surface area contributed by atoms with Crippen molar-refractivity contribution >= 4 is 28.4 Å². The number of amides is 1. The summed E-state index contributed by atoms with van der Waals surface area (Å²) in [5.41, 5.74) is 2.03. The molecule has 0 fully saturated rings. The number of carbonyl (C=O) groups excluding carboxylic acids is 1. The Morgan fingerprint density at radius 2 is 1.74 bits per heavy atom. The largest absolute Gasteiger partial charge is 0.348 e. The molecule has 3 nitrogen and oxygen atoms in total. The summed E-state index contributed by atoms with van der Waals surface area (Å²) in [6.45, 7) is 3.92. The number of aromatic nitrogens is 1. The van der Waals surface area contributed by atoms with Crippen LogP contribution in [0.1, 0.15) is 5.56 Å². The SMILES string of the molecule is C=CC(=O)NCc1ccccc1.Clc1ccc2ccccc2n1. The molecule has 4 heteroatoms. The predicted molar refractivity (Wildman–Crippen MR) is 95.2 cm³/mol. The highest BCUT2D eigenvalue weighted by molar-refractivity contribution is 6.29. The molecule has 3 rings (SSSR count). The van der Waals surface area contributed by atoms with Gasteiger partial charge in [0.15, 0.2) is 0 Å². The van der Waals surface area contributed by atoms with Gasteiger partial charge in [-0.2, -0.15) is 0 Å². The Labute approximate surface area is 140 Å². The number of halogens is 1. The van der Waals surface area contributed by atoms with Gasteiger partial charge in [0.25, 0.3) is 0 Å². The Kier molecular flexibility index (Phi) is 6.33. The van der Waals surface area contributed by atoms with Crippen LogP contribution >= 0.6 is 11.6 Å². The fourth-order valence-electron chi connectivity index (χ4n) is 1.90. The van der Waals surface area contributed by atoms with Crippen molar-refractivity contribution in [1.29, 1.82) is 0 Å². The second-order valence-corrected chi connectivity index (χ2v) is 5.12. The van der Waals surface area contributed by atoms with Crippen LogP contribution < -0.4 is 5.32 Å². The normalized spacial score (nSPS) is 9.61. The van der Waals surface area contributed by atoms with E-state index in [0.29, 0.717) is 11.7 Å². The van der Waals surface area contributed by atoms with Crippen molar-refractivity contribution in [2.24, 2.45) is 0 Å². The van der Waals surface area contributed by atoms with Gasteiger partial charge in [0.2, 0.25) is 5.91 Å². The molecule has 0 saturated carbocycles. The molecular weight excluding hydrogens is 308 g/mol. The molecule has 3 aromatic rings. The summed E-state index contributed by atoms with van der Waals surface area (Å²) in [5.74, 6) is -0.140. The second kappa shape index (κ2) is 8.71. The van der Waals surface area contributed by atoms with E-state index in [1.54, 1.807) is 6.07 Å². The Bertz CT molecular complexity index is 787. The summed E-state index contributed by atoms with van der Waals surface area (Å²) in [4.78, 5) is 14.9. The number of hydrogen-bond donors (Lipinski definition) is 1. The predicted octanol–water partition coefficient (Wildman–Crippen LogP) is 4.38. The van der Waals surface area contributed by atoms with Crippen LogP contribution in [0.15, 0.2) is 79.4 Å². The molecule has 0 atom stereocenters. The number of hydrogen-bond acceptors (Lipinski definition) is 2. The average molecular weight is 325 g/mol. The van der Waals surface area contributed by atoms with E-state index >= 15 is 0 Å². The fourth-order valence-corrected chi connectivity index (χ4v) is 2.05. The quantitative estimate of drug-likeness (QED) is 0.574. The van der Waals surface area contributed by atoms with Crippen molar-refractivity contribution in [1.82, 2.24) is 10.3 Å². The topological polar surface area (TPSA) is 42.0 Å². The molecule has 0 bridgehead atoms. The molecule has 1 N–H and O–H groups in total. The van der Waals surface area contributed by atoms with E-state index < -0.39 is 0 Å². The zero-order valence-corrected chi connectivity index (χ0v) is 13.3. The van der Waals surface area contributed by atoms with E-state index in [2.05, 4.69) is 16.9 Å². The van der Waals surface area contributed by atoms with Crippen molar-refractivity contribution in [2.45, 2.75) is 6.54 Å². The average Bonchev–Trinajstić information content (AvgIpc) is 2.61. The number of para-hydroxylation sites is 1. The standard InChI is InChI=1S/C10H11NO.C9H6ClN/c1-2-10(12)11-8-9-6-4-3-5-7-9;10-9-6-5-7-3-1-2-4-8(7)11-9/h2-7H,1,8H2,(H,11,12);1-6H. The molecule has 0 radical (unpaired) electrons. The lowest BCUT2D eigenvalue weighted by molar-refractivity contribution is -0.116. The van der Waals surface area contributed by atoms with Crippen molar-refractivity contribution < 1.29 is 4.79 Å². The lowest BCUT2D eigenvalue weighted by atomic mass is 10.2. The van der Waals surface area contributed by atoms with Gasteiger partial charge in [-0.1, -0.05) is 66.7 Å². The first-order valence-corrected chi connectivity index (χ1v) is 7.52. The third kappa shape index (κ3) is 5.57. The number of nitrogens with zero attached hydrogens (tertiary/aromatic N) is 1. The molecule has 116 valence electrons. The van der Waals surface area contributed by atoms with Crippen LogP contribution in [0.4, 0.5) is 0 Å². The van der Waals surface area contributed by atoms with E-state index in [0.717, 1.165) is 16.5 Å². The minimum absolute atomic E-state index is 0.140. The maximum Gasteiger partial charge on any atom is 0.243 e. The zero-order chi connectivity index (χ0) is 16.5. The van der Waals surface area contributed by atoms with Crippen LogP contribution in [-0.2, 0) is 11.3 Å². The van der Waals surface area contributed by atoms with Gasteiger partial charge in [0, 0.05) is 11.9 Å². The van der Waals surface area contributed by atoms with Crippen LogP contribution in [-0.4, -0.2) is 10.9 Å². The summed E-state index contributed by atoms with van der Waals surface area (Å²) in [5, 5.41) is 4.36. The molecule has 0 aliphatic rings. The molecule has 0 aliphatic carbocycles. The van der Waals surface area contributed by atoms with E-state index in [9.17, 15) is 4.79 Å². The van der Waals surface area contributed by atoms with Gasteiger partial charge in [0.1, 0.15) is 5.15 Å². The van der Waals surface area contributed by atoms with Gasteiger partial charge in [0.05, 0.1) is 5.52 Å². The highest BCUT2D eigenvalue weighted by Gasteiger charge is 1.93. The summed E-state index contributed by atoms with van der Waals surface area (Å²) in [7, 11) is 0. The molecule has 0 aliphatic heterocycles. The van der Waals surface area contributed by atoms with Crippen molar-refractivity contribution in [3.8, 4) is 0 Å². The minimum atomic E-state index is -0.140. The number of carbonyl (C=O) groups is 1. The second-order valence-electron chi connectivity index (χ2n) is 4.73. The monoisotopic (exact) mass is 324 g/mol. The maximum atomic E-state index is 10.8. The van der Waals surface area contributed by atoms with Gasteiger partial charge >= 0.3 is 0 Å². The summed E-state index contributed by atoms with van der Waals surface area (Å²) in [6, 6.07) is 21.4. The summed E-state index contributed by atoms with van der Waals surface area (Å²) < 4.78 is 0. The van der Waals surface area contributed by atoms with Crippen molar-refractivity contribution in [3.63, 3.8) is 0 Å². The number of benzene rings is 2. The summed E-state index contributed by atoms with van der Waals surface area (Å²) >= 11 is 5.71. The first-order valence-electron chi connectivity index (χ1n) is 7.14. The molecule has 1 heterocycles. The Hall–Kier alpha value is -2.65. The molecule has 0 unspecified atom stereocenters. The van der Waals surface area contributed by atoms with E-state index in [1.165, 1.54) is 6.08 Å². The Balaban J connectivity index is 0.000000167. The van der Waals surface area contributed by atoms with Crippen LogP contribution in [0.5, 0.6) is 0 Å². The maximum absolute atomic E-state index is 10.8. The van der Waals surface area contributed by atoms with E-state index in [-0.39, 0.29) is 5.91 Å². The Morgan fingerprint density at radius 3 is 2.48 bits per heavy atom. The molecule has 1 aromatic heterocycles. The third-order valence-corrected chi connectivity index (χ3v) is 3.27. The van der Waals surface area contributed by atoms with Crippen molar-refractivity contribution in [2.75, 3.05) is 0 Å². The number of pyridine rings is 1. The molecule has 1 amide bonds. The Morgan fingerprint density at radius 1 is 1.04 bits per heavy atom. The lowest BCUT2D eigenvalue weighted by Gasteiger charge is -2.00. The number of fused-ring (bicyclic) bond motifs is 1. The number of rotatable bonds is 3. The lowest BCUT2D eigenvalue weighted by Crippen LogP contribution is -2.19. The van der Waals surface area contributed by atoms with Gasteiger partial charge in [-0.15, -0.1) is 0 Å². The van der Waals surface area contributed by atoms with Crippen molar-refractivity contribution in [3.05, 3.63) is 90.1 Å². The van der Waals surface area contributed by atoms with Gasteiger partial charge in [-0.05, 0) is 29.8 Å². The van der Waals surface area contributed by atoms with Crippen LogP contribution in [0.2, 0.25) is 5.15 Å². The third-order valence-electron chi connectivity index (χ3n) is 3.06. The first kappa shape index (κ1) is 16.7. The summed E-state index contributed by atoms with van der Waals surface area (Å²) in [6.07, 6.45) is 1.27. The van der Waals surface area contributed by atoms with Crippen LogP contribution in [0.25, 0.3) is 10.9 Å². The van der Waals surface area contributed by atoms with Gasteiger partial charge in [-0.3, -0.25) is 4.79 Å². The number of nitrogens with one attached hydrogen (secondary N) is 1. The molecule has 0 spiro atoms. The van der Waals surface area contributed by atoms with E-state index in [4.69, 9.17) is 11.6 Å². The molecule has 0 saturated heterocycles. The highest BCUT2D eigenvalue weighted by Crippen LogP contribution is 2.13. The molecule has 23 heavy (non-hydrogen) atoms. The fraction of sp³-hybridized carbons (Fsp3) is 0.0526. The van der Waals surface area contributed by atoms with E-state index in [1.807, 2.05) is 60.7 Å². The van der Waals surface area contributed by atoms with Gasteiger partial charge in [-0.25, -0.2) is 4.98 Å².